The summed E-state index contributed by atoms with van der Waals surface area (Å²) in [4.78, 5) is 0. The first-order valence-corrected chi connectivity index (χ1v) is 8.32. The molecule has 0 spiro atoms. The van der Waals surface area contributed by atoms with Crippen LogP contribution < -0.4 is 0 Å². The second-order valence-electron chi connectivity index (χ2n) is 5.88. The van der Waals surface area contributed by atoms with E-state index in [2.05, 4.69) is 86.0 Å². The third-order valence-corrected chi connectivity index (χ3v) is 4.27. The normalized spacial score (nSPS) is 9.92. The summed E-state index contributed by atoms with van der Waals surface area (Å²) in [6.45, 7) is 7.48. The molecule has 0 unspecified atom stereocenters. The fourth-order valence-electron chi connectivity index (χ4n) is 3.10. The van der Waals surface area contributed by atoms with Crippen molar-refractivity contribution in [2.45, 2.75) is 12.8 Å². The fraction of sp³-hybridized carbons (Fsp3) is 0.0833. The van der Waals surface area contributed by atoms with Crippen LogP contribution in [-0.4, -0.2) is 23.1 Å². The van der Waals surface area contributed by atoms with Gasteiger partial charge in [0.05, 0.1) is 0 Å². The van der Waals surface area contributed by atoms with Crippen molar-refractivity contribution in [3.8, 4) is 0 Å². The largest absolute Gasteiger partial charge is 2.00 e. The smallest absolute Gasteiger partial charge is 0.168 e. The number of rotatable bonds is 4. The summed E-state index contributed by atoms with van der Waals surface area (Å²) in [7, 11) is 0. The molecule has 0 amide bonds. The Bertz CT molecular complexity index is 872. The zero-order chi connectivity index (χ0) is 16.8. The van der Waals surface area contributed by atoms with Crippen molar-refractivity contribution in [3.05, 3.63) is 109 Å². The molecule has 0 nitrogen and oxygen atoms in total. The summed E-state index contributed by atoms with van der Waals surface area (Å²) in [5.74, 6) is 0. The molecule has 0 saturated carbocycles. The molecule has 0 bridgehead atoms. The Morgan fingerprint density at radius 2 is 1.04 bits per heavy atom. The number of fused-ring (bicyclic) bond motifs is 2. The van der Waals surface area contributed by atoms with E-state index in [0.717, 1.165) is 12.8 Å². The molecule has 4 aromatic carbocycles. The molecule has 0 radical (unpaired) electrons. The average Bonchev–Trinajstić information content (AvgIpc) is 3.22. The van der Waals surface area contributed by atoms with Gasteiger partial charge in [-0.25, -0.2) is 0 Å². The standard InChI is InChI=1S/2C12H11.Mg/c2*1-2-5-10-8-9-11-6-3-4-7-12(10)11;/h2*2-4,6-9H,1,5H2;/q2*-1;+2. The van der Waals surface area contributed by atoms with Gasteiger partial charge in [-0.15, -0.1) is 94.4 Å². The van der Waals surface area contributed by atoms with Gasteiger partial charge in [-0.2, -0.15) is 12.1 Å². The van der Waals surface area contributed by atoms with E-state index in [0.29, 0.717) is 0 Å². The molecule has 4 rings (SSSR count). The number of hydrogen-bond acceptors (Lipinski definition) is 0. The van der Waals surface area contributed by atoms with E-state index in [1.165, 1.54) is 32.7 Å². The van der Waals surface area contributed by atoms with Crippen LogP contribution in [-0.2, 0) is 12.8 Å². The van der Waals surface area contributed by atoms with Crippen molar-refractivity contribution in [3.63, 3.8) is 0 Å². The van der Waals surface area contributed by atoms with Crippen LogP contribution in [0, 0.1) is 0 Å². The molecule has 0 fully saturated rings. The maximum absolute atomic E-state index is 3.74. The van der Waals surface area contributed by atoms with E-state index < -0.39 is 0 Å². The summed E-state index contributed by atoms with van der Waals surface area (Å²) in [6, 6.07) is 25.6. The van der Waals surface area contributed by atoms with Gasteiger partial charge in [-0.1, -0.05) is 24.3 Å². The van der Waals surface area contributed by atoms with E-state index in [1.807, 2.05) is 12.2 Å². The maximum Gasteiger partial charge on any atom is 2.00 e. The van der Waals surface area contributed by atoms with Crippen molar-refractivity contribution >= 4 is 44.6 Å². The first-order valence-electron chi connectivity index (χ1n) is 8.32. The average molecular weight is 335 g/mol. The predicted octanol–water partition coefficient (Wildman–Crippen LogP) is 6.19. The van der Waals surface area contributed by atoms with Gasteiger partial charge in [-0.3, -0.25) is 0 Å². The molecule has 0 aliphatic carbocycles. The van der Waals surface area contributed by atoms with Crippen LogP contribution in [0.1, 0.15) is 11.1 Å². The Kier molecular flexibility index (Phi) is 7.24. The predicted molar refractivity (Wildman–Crippen MR) is 113 cm³/mol. The Morgan fingerprint density at radius 1 is 0.640 bits per heavy atom. The molecule has 25 heavy (non-hydrogen) atoms. The quantitative estimate of drug-likeness (QED) is 0.237. The van der Waals surface area contributed by atoms with Crippen LogP contribution >= 0.6 is 0 Å². The minimum absolute atomic E-state index is 0. The molecule has 0 aliphatic heterocycles. The molecule has 0 atom stereocenters. The number of allylic oxidation sites excluding steroid dienone is 2. The molecule has 1 heteroatoms. The van der Waals surface area contributed by atoms with Crippen molar-refractivity contribution in [1.82, 2.24) is 0 Å². The third-order valence-electron chi connectivity index (χ3n) is 4.27. The Balaban J connectivity index is 0.000000173. The van der Waals surface area contributed by atoms with Crippen molar-refractivity contribution < 1.29 is 0 Å². The monoisotopic (exact) mass is 334 g/mol. The SMILES string of the molecule is C=CC[c-]1ccc2ccccc21.C=CC[c-]1ccc2ccccc21.[Mg+2]. The van der Waals surface area contributed by atoms with Crippen molar-refractivity contribution in [1.29, 1.82) is 0 Å². The van der Waals surface area contributed by atoms with Gasteiger partial charge in [0.2, 0.25) is 0 Å². The fourth-order valence-corrected chi connectivity index (χ4v) is 3.10. The third kappa shape index (κ3) is 4.50. The van der Waals surface area contributed by atoms with E-state index in [-0.39, 0.29) is 23.1 Å². The molecule has 0 heterocycles. The van der Waals surface area contributed by atoms with Gasteiger partial charge >= 0.3 is 23.1 Å². The Hall–Kier alpha value is -2.09. The summed E-state index contributed by atoms with van der Waals surface area (Å²) in [6.07, 6.45) is 5.82. The maximum atomic E-state index is 3.74. The Morgan fingerprint density at radius 3 is 1.44 bits per heavy atom. The summed E-state index contributed by atoms with van der Waals surface area (Å²) < 4.78 is 0. The molecule has 0 aliphatic rings. The summed E-state index contributed by atoms with van der Waals surface area (Å²) in [5, 5.41) is 5.37. The first-order chi connectivity index (χ1) is 11.8. The van der Waals surface area contributed by atoms with E-state index in [4.69, 9.17) is 0 Å². The van der Waals surface area contributed by atoms with E-state index in [9.17, 15) is 0 Å². The molecule has 0 aromatic heterocycles. The number of hydrogen-bond donors (Lipinski definition) is 0. The van der Waals surface area contributed by atoms with Gasteiger partial charge < -0.3 is 0 Å². The van der Waals surface area contributed by atoms with Crippen molar-refractivity contribution in [2.75, 3.05) is 0 Å². The molecule has 0 saturated heterocycles. The molecular weight excluding hydrogens is 313 g/mol. The number of benzene rings is 2. The molecule has 0 N–H and O–H groups in total. The van der Waals surface area contributed by atoms with Crippen LogP contribution in [0.2, 0.25) is 0 Å². The van der Waals surface area contributed by atoms with Crippen LogP contribution in [0.15, 0.2) is 98.1 Å². The summed E-state index contributed by atoms with van der Waals surface area (Å²) >= 11 is 0. The van der Waals surface area contributed by atoms with E-state index in [1.54, 1.807) is 0 Å². The van der Waals surface area contributed by atoms with Gasteiger partial charge in [0.25, 0.3) is 0 Å². The van der Waals surface area contributed by atoms with Crippen LogP contribution in [0.5, 0.6) is 0 Å². The van der Waals surface area contributed by atoms with E-state index >= 15 is 0 Å². The van der Waals surface area contributed by atoms with Gasteiger partial charge in [-0.05, 0) is 12.8 Å². The zero-order valence-electron chi connectivity index (χ0n) is 14.6. The second kappa shape index (κ2) is 9.41. The molecule has 120 valence electrons. The van der Waals surface area contributed by atoms with Crippen molar-refractivity contribution in [2.24, 2.45) is 0 Å². The zero-order valence-corrected chi connectivity index (χ0v) is 16.0. The minimum Gasteiger partial charge on any atom is -0.168 e. The van der Waals surface area contributed by atoms with Crippen LogP contribution in [0.3, 0.4) is 0 Å². The molecule has 4 aromatic rings. The van der Waals surface area contributed by atoms with Crippen LogP contribution in [0.25, 0.3) is 21.5 Å². The first kappa shape index (κ1) is 19.2. The van der Waals surface area contributed by atoms with Gasteiger partial charge in [0.1, 0.15) is 0 Å². The molecular formula is C24H22Mg. The summed E-state index contributed by atoms with van der Waals surface area (Å²) in [5.41, 5.74) is 2.75. The van der Waals surface area contributed by atoms with Gasteiger partial charge in [0, 0.05) is 0 Å². The Labute approximate surface area is 166 Å². The minimum atomic E-state index is 0. The van der Waals surface area contributed by atoms with Crippen LogP contribution in [0.4, 0.5) is 0 Å². The topological polar surface area (TPSA) is 0 Å². The van der Waals surface area contributed by atoms with Gasteiger partial charge in [0.15, 0.2) is 0 Å². The second-order valence-corrected chi connectivity index (χ2v) is 5.88.